The first-order chi connectivity index (χ1) is 14.7. The van der Waals surface area contributed by atoms with E-state index in [-0.39, 0.29) is 0 Å². The molecule has 0 bridgehead atoms. The van der Waals surface area contributed by atoms with Crippen molar-refractivity contribution in [1.29, 1.82) is 0 Å². The molecule has 6 nitrogen and oxygen atoms in total. The number of fused-ring (bicyclic) bond motifs is 1. The Morgan fingerprint density at radius 1 is 1.17 bits per heavy atom. The predicted octanol–water partition coefficient (Wildman–Crippen LogP) is 4.37. The molecule has 160 valence electrons. The number of ether oxygens (including phenoxy) is 3. The minimum Gasteiger partial charge on any atom is -0.493 e. The molecule has 0 aliphatic carbocycles. The Balaban J connectivity index is 1.43. The summed E-state index contributed by atoms with van der Waals surface area (Å²) in [5, 5.41) is 0.699. The largest absolute Gasteiger partial charge is 0.493 e. The lowest BCUT2D eigenvalue weighted by Crippen LogP contribution is -2.25. The van der Waals surface area contributed by atoms with E-state index < -0.39 is 0 Å². The third-order valence-corrected chi connectivity index (χ3v) is 5.85. The zero-order valence-electron chi connectivity index (χ0n) is 17.5. The lowest BCUT2D eigenvalue weighted by molar-refractivity contribution is 0.107. The van der Waals surface area contributed by atoms with Crippen LogP contribution in [0, 0.1) is 0 Å². The maximum atomic E-state index is 6.19. The van der Waals surface area contributed by atoms with E-state index in [0.717, 1.165) is 60.9 Å². The van der Waals surface area contributed by atoms with Gasteiger partial charge < -0.3 is 24.0 Å². The zero-order chi connectivity index (χ0) is 20.9. The molecule has 1 saturated heterocycles. The van der Waals surface area contributed by atoms with Crippen molar-refractivity contribution in [2.24, 2.45) is 4.99 Å². The van der Waals surface area contributed by atoms with Crippen molar-refractivity contribution >= 4 is 29.2 Å². The Kier molecular flexibility index (Phi) is 6.77. The van der Waals surface area contributed by atoms with Crippen LogP contribution in [-0.4, -0.2) is 64.3 Å². The van der Waals surface area contributed by atoms with Crippen molar-refractivity contribution in [1.82, 2.24) is 4.90 Å². The SMILES string of the molecule is COc1cc2c(cc1OCCCN1CC[C@@H](OC)C1)C=NCN2c1cccc(Cl)c1. The molecule has 2 aliphatic heterocycles. The molecular formula is C23H28ClN3O3. The molecule has 0 saturated carbocycles. The number of likely N-dealkylation sites (tertiary alicyclic amines) is 1. The highest BCUT2D eigenvalue weighted by atomic mass is 35.5. The summed E-state index contributed by atoms with van der Waals surface area (Å²) in [7, 11) is 3.46. The van der Waals surface area contributed by atoms with E-state index in [2.05, 4.69) is 14.8 Å². The summed E-state index contributed by atoms with van der Waals surface area (Å²) < 4.78 is 17.1. The average molecular weight is 430 g/mol. The average Bonchev–Trinajstić information content (AvgIpc) is 3.23. The maximum Gasteiger partial charge on any atom is 0.162 e. The van der Waals surface area contributed by atoms with Gasteiger partial charge in [0, 0.05) is 55.3 Å². The summed E-state index contributed by atoms with van der Waals surface area (Å²) in [5.41, 5.74) is 3.02. The molecule has 4 rings (SSSR count). The molecule has 0 spiro atoms. The summed E-state index contributed by atoms with van der Waals surface area (Å²) in [6.07, 6.45) is 4.32. The van der Waals surface area contributed by atoms with E-state index in [1.54, 1.807) is 14.2 Å². The Hall–Kier alpha value is -2.28. The van der Waals surface area contributed by atoms with E-state index in [0.29, 0.717) is 24.4 Å². The van der Waals surface area contributed by atoms with Crippen molar-refractivity contribution in [3.63, 3.8) is 0 Å². The predicted molar refractivity (Wildman–Crippen MR) is 121 cm³/mol. The number of benzene rings is 2. The van der Waals surface area contributed by atoms with Crippen molar-refractivity contribution in [2.45, 2.75) is 18.9 Å². The first-order valence-corrected chi connectivity index (χ1v) is 10.7. The number of nitrogens with zero attached hydrogens (tertiary/aromatic N) is 3. The molecule has 0 N–H and O–H groups in total. The number of hydrogen-bond donors (Lipinski definition) is 0. The molecule has 0 unspecified atom stereocenters. The minimum atomic E-state index is 0.369. The summed E-state index contributed by atoms with van der Waals surface area (Å²) in [6.45, 7) is 4.29. The van der Waals surface area contributed by atoms with E-state index in [9.17, 15) is 0 Å². The highest BCUT2D eigenvalue weighted by Crippen LogP contribution is 2.39. The van der Waals surface area contributed by atoms with Gasteiger partial charge in [-0.15, -0.1) is 0 Å². The first kappa shape index (κ1) is 21.0. The van der Waals surface area contributed by atoms with Crippen LogP contribution in [0.2, 0.25) is 5.02 Å². The molecule has 1 atom stereocenters. The molecule has 0 radical (unpaired) electrons. The van der Waals surface area contributed by atoms with Gasteiger partial charge in [-0.1, -0.05) is 17.7 Å². The van der Waals surface area contributed by atoms with Crippen LogP contribution < -0.4 is 14.4 Å². The zero-order valence-corrected chi connectivity index (χ0v) is 18.3. The van der Waals surface area contributed by atoms with Crippen LogP contribution >= 0.6 is 11.6 Å². The van der Waals surface area contributed by atoms with Crippen molar-refractivity contribution in [3.05, 3.63) is 47.0 Å². The number of halogens is 1. The van der Waals surface area contributed by atoms with Gasteiger partial charge in [-0.3, -0.25) is 4.99 Å². The van der Waals surface area contributed by atoms with Crippen LogP contribution in [0.3, 0.4) is 0 Å². The van der Waals surface area contributed by atoms with Crippen molar-refractivity contribution < 1.29 is 14.2 Å². The van der Waals surface area contributed by atoms with Gasteiger partial charge in [-0.05, 0) is 37.1 Å². The maximum absolute atomic E-state index is 6.19. The van der Waals surface area contributed by atoms with E-state index >= 15 is 0 Å². The number of hydrogen-bond acceptors (Lipinski definition) is 6. The molecule has 2 aromatic carbocycles. The van der Waals surface area contributed by atoms with Crippen molar-refractivity contribution in [2.75, 3.05) is 52.0 Å². The second kappa shape index (κ2) is 9.69. The van der Waals surface area contributed by atoms with Crippen LogP contribution in [-0.2, 0) is 4.74 Å². The minimum absolute atomic E-state index is 0.369. The second-order valence-electron chi connectivity index (χ2n) is 7.57. The van der Waals surface area contributed by atoms with Gasteiger partial charge in [0.1, 0.15) is 6.67 Å². The third-order valence-electron chi connectivity index (χ3n) is 5.62. The van der Waals surface area contributed by atoms with Crippen LogP contribution in [0.15, 0.2) is 41.4 Å². The molecule has 7 heteroatoms. The van der Waals surface area contributed by atoms with Gasteiger partial charge >= 0.3 is 0 Å². The lowest BCUT2D eigenvalue weighted by atomic mass is 10.1. The summed E-state index contributed by atoms with van der Waals surface area (Å²) in [5.74, 6) is 1.46. The van der Waals surface area contributed by atoms with Gasteiger partial charge in [0.2, 0.25) is 0 Å². The summed E-state index contributed by atoms with van der Waals surface area (Å²) in [6, 6.07) is 11.8. The molecule has 2 aromatic rings. The Morgan fingerprint density at radius 3 is 2.83 bits per heavy atom. The summed E-state index contributed by atoms with van der Waals surface area (Å²) >= 11 is 6.19. The smallest absolute Gasteiger partial charge is 0.162 e. The number of methoxy groups -OCH3 is 2. The monoisotopic (exact) mass is 429 g/mol. The van der Waals surface area contributed by atoms with Gasteiger partial charge in [0.25, 0.3) is 0 Å². The normalized spacial score (nSPS) is 18.5. The Bertz CT molecular complexity index is 905. The number of rotatable bonds is 8. The van der Waals surface area contributed by atoms with Crippen LogP contribution in [0.1, 0.15) is 18.4 Å². The first-order valence-electron chi connectivity index (χ1n) is 10.3. The lowest BCUT2D eigenvalue weighted by Gasteiger charge is -2.28. The summed E-state index contributed by atoms with van der Waals surface area (Å²) in [4.78, 5) is 9.06. The van der Waals surface area contributed by atoms with Crippen LogP contribution in [0.4, 0.5) is 11.4 Å². The topological polar surface area (TPSA) is 46.5 Å². The molecule has 30 heavy (non-hydrogen) atoms. The highest BCUT2D eigenvalue weighted by Gasteiger charge is 2.22. The highest BCUT2D eigenvalue weighted by molar-refractivity contribution is 6.30. The quantitative estimate of drug-likeness (QED) is 0.583. The fraction of sp³-hybridized carbons (Fsp3) is 0.435. The van der Waals surface area contributed by atoms with Gasteiger partial charge in [0.15, 0.2) is 11.5 Å². The molecule has 2 heterocycles. The van der Waals surface area contributed by atoms with Gasteiger partial charge in [-0.2, -0.15) is 0 Å². The van der Waals surface area contributed by atoms with Gasteiger partial charge in [0.05, 0.1) is 25.5 Å². The third kappa shape index (κ3) is 4.72. The standard InChI is InChI=1S/C23H28ClN3O3/c1-28-20-7-9-26(15-20)8-4-10-30-23-11-17-14-25-16-27(21(17)13-22(23)29-2)19-6-3-5-18(24)12-19/h3,5-6,11-14,20H,4,7-10,15-16H2,1-2H3/t20-/m1/s1. The molecule has 1 fully saturated rings. The number of anilines is 2. The molecular weight excluding hydrogens is 402 g/mol. The van der Waals surface area contributed by atoms with Crippen LogP contribution in [0.5, 0.6) is 11.5 Å². The van der Waals surface area contributed by atoms with E-state index in [1.807, 2.05) is 42.6 Å². The Morgan fingerprint density at radius 2 is 2.07 bits per heavy atom. The van der Waals surface area contributed by atoms with Crippen LogP contribution in [0.25, 0.3) is 0 Å². The molecule has 2 aliphatic rings. The van der Waals surface area contributed by atoms with E-state index in [1.165, 1.54) is 0 Å². The van der Waals surface area contributed by atoms with Crippen molar-refractivity contribution in [3.8, 4) is 11.5 Å². The second-order valence-corrected chi connectivity index (χ2v) is 8.01. The molecule has 0 aromatic heterocycles. The Labute approximate surface area is 183 Å². The fourth-order valence-electron chi connectivity index (χ4n) is 4.00. The fourth-order valence-corrected chi connectivity index (χ4v) is 4.18. The number of aliphatic imine (C=N–C) groups is 1. The van der Waals surface area contributed by atoms with Gasteiger partial charge in [-0.25, -0.2) is 0 Å². The molecule has 0 amide bonds. The van der Waals surface area contributed by atoms with E-state index in [4.69, 9.17) is 25.8 Å².